The van der Waals surface area contributed by atoms with Crippen molar-refractivity contribution >= 4 is 43.8 Å². The maximum atomic E-state index is 2.63. The summed E-state index contributed by atoms with van der Waals surface area (Å²) >= 11 is 0. The van der Waals surface area contributed by atoms with Gasteiger partial charge >= 0.3 is 0 Å². The minimum atomic E-state index is 0.327. The van der Waals surface area contributed by atoms with Gasteiger partial charge in [-0.05, 0) is 167 Å². The third-order valence-electron chi connectivity index (χ3n) is 13.7. The Kier molecular flexibility index (Phi) is 6.48. The van der Waals surface area contributed by atoms with Crippen LogP contribution >= 0.6 is 0 Å². The van der Waals surface area contributed by atoms with E-state index in [2.05, 4.69) is 153 Å². The maximum Gasteiger partial charge on any atom is 0.0206 e. The highest BCUT2D eigenvalue weighted by atomic mass is 14.5. The standard InChI is InChI=1S/C54H42/c1-31-14-11-15-32(2)47(31)36-26-27-38-43(29-36)40-23-13-24-41-50(40)44(38)30-46-48(33-16-5-3-6-17-33)53-42-25-12-22-39-37-21-10-9-20-35(37)28-45(51(39)42)54(53)49(52(41)46)34-18-7-4-8-19-34/h3-8,10-14,16-19,21-25,28-30,32,39,51H,9,15,20,26-27H2,1-2H3. The highest BCUT2D eigenvalue weighted by molar-refractivity contribution is 6.30. The molecule has 12 rings (SSSR count). The van der Waals surface area contributed by atoms with Gasteiger partial charge in [0.15, 0.2) is 0 Å². The zero-order valence-corrected chi connectivity index (χ0v) is 31.0. The Hall–Kier alpha value is -5.72. The van der Waals surface area contributed by atoms with Crippen LogP contribution < -0.4 is 0 Å². The van der Waals surface area contributed by atoms with Gasteiger partial charge < -0.3 is 0 Å². The molecule has 7 aliphatic rings. The molecule has 0 aromatic heterocycles. The topological polar surface area (TPSA) is 0 Å². The summed E-state index contributed by atoms with van der Waals surface area (Å²) in [6, 6.07) is 32.5. The summed E-state index contributed by atoms with van der Waals surface area (Å²) in [5.41, 5.74) is 24.8. The first kappa shape index (κ1) is 30.7. The van der Waals surface area contributed by atoms with E-state index in [1.54, 1.807) is 11.1 Å². The summed E-state index contributed by atoms with van der Waals surface area (Å²) in [5.74, 6) is 1.26. The molecule has 0 N–H and O–H groups in total. The molecule has 0 nitrogen and oxygen atoms in total. The smallest absolute Gasteiger partial charge is 0.0206 e. The maximum absolute atomic E-state index is 2.63. The van der Waals surface area contributed by atoms with Crippen molar-refractivity contribution in [1.82, 2.24) is 0 Å². The van der Waals surface area contributed by atoms with E-state index in [0.717, 1.165) is 32.1 Å². The molecule has 0 spiro atoms. The predicted molar refractivity (Wildman–Crippen MR) is 230 cm³/mol. The molecule has 0 aliphatic heterocycles. The van der Waals surface area contributed by atoms with E-state index < -0.39 is 0 Å². The Morgan fingerprint density at radius 2 is 1.44 bits per heavy atom. The molecule has 0 fully saturated rings. The van der Waals surface area contributed by atoms with Crippen LogP contribution in [0.4, 0.5) is 0 Å². The molecular formula is C54H42. The van der Waals surface area contributed by atoms with Crippen LogP contribution in [-0.2, 0) is 0 Å². The third kappa shape index (κ3) is 4.09. The first-order chi connectivity index (χ1) is 26.7. The van der Waals surface area contributed by atoms with Crippen LogP contribution in [0.25, 0.3) is 66.1 Å². The van der Waals surface area contributed by atoms with E-state index in [1.807, 2.05) is 0 Å². The number of hydrogen-bond donors (Lipinski definition) is 0. The van der Waals surface area contributed by atoms with Crippen LogP contribution in [0.5, 0.6) is 0 Å². The fourth-order valence-corrected chi connectivity index (χ4v) is 11.6. The van der Waals surface area contributed by atoms with Crippen molar-refractivity contribution in [2.45, 2.75) is 46.0 Å². The van der Waals surface area contributed by atoms with Crippen molar-refractivity contribution in [1.29, 1.82) is 0 Å². The molecule has 54 heavy (non-hydrogen) atoms. The van der Waals surface area contributed by atoms with E-state index in [-0.39, 0.29) is 0 Å². The molecule has 0 radical (unpaired) electrons. The van der Waals surface area contributed by atoms with Crippen LogP contribution in [0.2, 0.25) is 0 Å². The molecule has 0 saturated carbocycles. The normalized spacial score (nSPS) is 23.1. The fourth-order valence-electron chi connectivity index (χ4n) is 11.6. The van der Waals surface area contributed by atoms with E-state index in [0.29, 0.717) is 17.8 Å². The monoisotopic (exact) mass is 690 g/mol. The van der Waals surface area contributed by atoms with Crippen molar-refractivity contribution < 1.29 is 0 Å². The van der Waals surface area contributed by atoms with Crippen molar-refractivity contribution in [3.8, 4) is 22.3 Å². The van der Waals surface area contributed by atoms with Crippen LogP contribution in [0.1, 0.15) is 68.2 Å². The Morgan fingerprint density at radius 3 is 2.26 bits per heavy atom. The van der Waals surface area contributed by atoms with Gasteiger partial charge in [0, 0.05) is 11.8 Å². The molecule has 3 atom stereocenters. The summed E-state index contributed by atoms with van der Waals surface area (Å²) in [6.45, 7) is 4.72. The van der Waals surface area contributed by atoms with Gasteiger partial charge in [0.2, 0.25) is 0 Å². The molecule has 0 amide bonds. The Balaban J connectivity index is 1.23. The lowest BCUT2D eigenvalue weighted by atomic mass is 9.69. The SMILES string of the molecule is CC1=C(C2=CC3=C(CC2)c2cc4c(-c5ccccc5)c5c(c(-c6ccccc6)c4c4cccc3c24)C2=CC3=C(C=CCC3)C3C=CC=C5C23)C(C)CC=C1. The zero-order chi connectivity index (χ0) is 35.7. The minimum Gasteiger partial charge on any atom is -0.0839 e. The van der Waals surface area contributed by atoms with Gasteiger partial charge in [0.1, 0.15) is 0 Å². The summed E-state index contributed by atoms with van der Waals surface area (Å²) in [6.07, 6.45) is 27.6. The van der Waals surface area contributed by atoms with Crippen LogP contribution in [0.3, 0.4) is 0 Å². The van der Waals surface area contributed by atoms with E-state index in [9.17, 15) is 0 Å². The van der Waals surface area contributed by atoms with Crippen LogP contribution in [-0.4, -0.2) is 0 Å². The molecule has 0 bridgehead atoms. The molecule has 0 heteroatoms. The highest BCUT2D eigenvalue weighted by Crippen LogP contribution is 2.63. The number of hydrogen-bond acceptors (Lipinski definition) is 0. The van der Waals surface area contributed by atoms with E-state index in [1.165, 1.54) is 105 Å². The predicted octanol–water partition coefficient (Wildman–Crippen LogP) is 14.4. The lowest BCUT2D eigenvalue weighted by Crippen LogP contribution is -2.21. The highest BCUT2D eigenvalue weighted by Gasteiger charge is 2.45. The molecule has 0 saturated heterocycles. The second-order valence-electron chi connectivity index (χ2n) is 16.5. The fraction of sp³-hybridized carbons (Fsp3) is 0.185. The van der Waals surface area contributed by atoms with E-state index in [4.69, 9.17) is 0 Å². The van der Waals surface area contributed by atoms with Gasteiger partial charge in [-0.1, -0.05) is 140 Å². The van der Waals surface area contributed by atoms with Crippen molar-refractivity contribution in [3.05, 3.63) is 190 Å². The first-order valence-corrected chi connectivity index (χ1v) is 20.2. The number of rotatable bonds is 3. The quantitative estimate of drug-likeness (QED) is 0.165. The number of benzene rings is 5. The molecule has 5 aromatic carbocycles. The second-order valence-corrected chi connectivity index (χ2v) is 16.5. The second kappa shape index (κ2) is 11.4. The Morgan fingerprint density at radius 1 is 0.648 bits per heavy atom. The van der Waals surface area contributed by atoms with Crippen molar-refractivity contribution in [2.75, 3.05) is 0 Å². The Labute approximate surface area is 318 Å². The number of allylic oxidation sites excluding steroid dienone is 18. The molecule has 3 unspecified atom stereocenters. The summed E-state index contributed by atoms with van der Waals surface area (Å²) in [5, 5.41) is 5.62. The lowest BCUT2D eigenvalue weighted by molar-refractivity contribution is 0.660. The average Bonchev–Trinajstić information content (AvgIpc) is 3.71. The van der Waals surface area contributed by atoms with Crippen molar-refractivity contribution in [2.24, 2.45) is 17.8 Å². The molecule has 5 aromatic rings. The van der Waals surface area contributed by atoms with Gasteiger partial charge in [0.05, 0.1) is 0 Å². The van der Waals surface area contributed by atoms with Crippen LogP contribution in [0.15, 0.2) is 167 Å². The molecular weight excluding hydrogens is 649 g/mol. The summed E-state index contributed by atoms with van der Waals surface area (Å²) < 4.78 is 0. The summed E-state index contributed by atoms with van der Waals surface area (Å²) in [4.78, 5) is 0. The number of fused-ring (bicyclic) bond motifs is 8. The van der Waals surface area contributed by atoms with Gasteiger partial charge in [-0.25, -0.2) is 0 Å². The third-order valence-corrected chi connectivity index (χ3v) is 13.7. The molecule has 7 aliphatic carbocycles. The Bertz CT molecular complexity index is 2830. The average molecular weight is 691 g/mol. The van der Waals surface area contributed by atoms with Gasteiger partial charge in [-0.2, -0.15) is 0 Å². The molecule has 258 valence electrons. The summed E-state index contributed by atoms with van der Waals surface area (Å²) in [7, 11) is 0. The molecule has 0 heterocycles. The minimum absolute atomic E-state index is 0.327. The zero-order valence-electron chi connectivity index (χ0n) is 31.0. The van der Waals surface area contributed by atoms with E-state index >= 15 is 0 Å². The largest absolute Gasteiger partial charge is 0.0839 e. The van der Waals surface area contributed by atoms with Gasteiger partial charge in [-0.3, -0.25) is 0 Å². The van der Waals surface area contributed by atoms with Crippen molar-refractivity contribution in [3.63, 3.8) is 0 Å². The van der Waals surface area contributed by atoms with Gasteiger partial charge in [-0.15, -0.1) is 0 Å². The van der Waals surface area contributed by atoms with Crippen LogP contribution in [0, 0.1) is 17.8 Å². The lowest BCUT2D eigenvalue weighted by Gasteiger charge is -2.34. The van der Waals surface area contributed by atoms with Gasteiger partial charge in [0.25, 0.3) is 0 Å². The first-order valence-electron chi connectivity index (χ1n) is 20.2.